The molecule has 1 aliphatic heterocycles. The zero-order valence-electron chi connectivity index (χ0n) is 11.3. The molecule has 0 aromatic carbocycles. The highest BCUT2D eigenvalue weighted by Crippen LogP contribution is 2.17. The van der Waals surface area contributed by atoms with Gasteiger partial charge in [-0.15, -0.1) is 0 Å². The second kappa shape index (κ2) is 6.34. The van der Waals surface area contributed by atoms with Crippen LogP contribution in [0.4, 0.5) is 0 Å². The number of likely N-dealkylation sites (tertiary alicyclic amines) is 1. The molecule has 2 rings (SSSR count). The molecule has 4 heteroatoms. The van der Waals surface area contributed by atoms with Crippen molar-refractivity contribution >= 4 is 5.91 Å². The van der Waals surface area contributed by atoms with Gasteiger partial charge >= 0.3 is 0 Å². The molecule has 3 N–H and O–H groups in total. The lowest BCUT2D eigenvalue weighted by Crippen LogP contribution is -2.40. The van der Waals surface area contributed by atoms with E-state index >= 15 is 0 Å². The Balaban J connectivity index is 1.60. The van der Waals surface area contributed by atoms with Gasteiger partial charge in [0.25, 0.3) is 0 Å². The molecule has 18 heavy (non-hydrogen) atoms. The van der Waals surface area contributed by atoms with Crippen LogP contribution in [0, 0.1) is 11.8 Å². The van der Waals surface area contributed by atoms with Crippen LogP contribution in [0.1, 0.15) is 26.2 Å². The third-order valence-corrected chi connectivity index (χ3v) is 4.06. The summed E-state index contributed by atoms with van der Waals surface area (Å²) in [6.45, 7) is 6.39. The van der Waals surface area contributed by atoms with Crippen molar-refractivity contribution in [1.29, 1.82) is 0 Å². The second-order valence-electron chi connectivity index (χ2n) is 5.71. The molecule has 1 saturated heterocycles. The van der Waals surface area contributed by atoms with Crippen molar-refractivity contribution in [3.8, 4) is 0 Å². The van der Waals surface area contributed by atoms with Gasteiger partial charge in [-0.1, -0.05) is 19.1 Å². The molecular formula is C14H25N3O. The Morgan fingerprint density at radius 1 is 1.39 bits per heavy atom. The number of nitrogens with zero attached hydrogens (tertiary/aromatic N) is 1. The van der Waals surface area contributed by atoms with Crippen molar-refractivity contribution in [2.75, 3.05) is 26.2 Å². The fraction of sp³-hybridized carbons (Fsp3) is 0.786. The fourth-order valence-corrected chi connectivity index (χ4v) is 2.68. The van der Waals surface area contributed by atoms with Crippen molar-refractivity contribution in [1.82, 2.24) is 10.2 Å². The number of nitrogens with one attached hydrogen (secondary N) is 1. The summed E-state index contributed by atoms with van der Waals surface area (Å²) in [6.07, 6.45) is 7.19. The van der Waals surface area contributed by atoms with Crippen molar-refractivity contribution in [3.63, 3.8) is 0 Å². The van der Waals surface area contributed by atoms with Crippen LogP contribution in [0.15, 0.2) is 12.2 Å². The van der Waals surface area contributed by atoms with Gasteiger partial charge in [0, 0.05) is 19.1 Å². The van der Waals surface area contributed by atoms with E-state index in [0.29, 0.717) is 0 Å². The Morgan fingerprint density at radius 2 is 2.11 bits per heavy atom. The summed E-state index contributed by atoms with van der Waals surface area (Å²) >= 11 is 0. The Hall–Kier alpha value is -0.870. The zero-order valence-corrected chi connectivity index (χ0v) is 11.3. The van der Waals surface area contributed by atoms with Gasteiger partial charge in [-0.25, -0.2) is 0 Å². The molecule has 1 fully saturated rings. The largest absolute Gasteiger partial charge is 0.354 e. The van der Waals surface area contributed by atoms with Gasteiger partial charge in [-0.2, -0.15) is 0 Å². The van der Waals surface area contributed by atoms with Crippen LogP contribution < -0.4 is 11.1 Å². The number of piperidine rings is 1. The van der Waals surface area contributed by atoms with Gasteiger partial charge in [0.15, 0.2) is 0 Å². The normalized spacial score (nSPS) is 29.7. The van der Waals surface area contributed by atoms with Crippen molar-refractivity contribution in [3.05, 3.63) is 12.2 Å². The molecule has 1 amide bonds. The van der Waals surface area contributed by atoms with E-state index in [2.05, 4.69) is 17.1 Å². The topological polar surface area (TPSA) is 58.4 Å². The predicted octanol–water partition coefficient (Wildman–Crippen LogP) is 0.738. The first kappa shape index (κ1) is 13.6. The third-order valence-electron chi connectivity index (χ3n) is 4.06. The molecule has 0 aromatic heterocycles. The molecule has 0 bridgehead atoms. The zero-order chi connectivity index (χ0) is 13.0. The molecular weight excluding hydrogens is 226 g/mol. The summed E-state index contributed by atoms with van der Waals surface area (Å²) in [7, 11) is 0. The van der Waals surface area contributed by atoms with E-state index in [1.165, 1.54) is 25.9 Å². The van der Waals surface area contributed by atoms with Crippen LogP contribution in [0.3, 0.4) is 0 Å². The molecule has 2 atom stereocenters. The molecule has 102 valence electrons. The molecule has 0 saturated carbocycles. The lowest BCUT2D eigenvalue weighted by molar-refractivity contribution is -0.123. The highest BCUT2D eigenvalue weighted by atomic mass is 16.1. The SMILES string of the molecule is CC1CCN(CCNC(=O)C2C=CC(N)C2)CC1. The quantitative estimate of drug-likeness (QED) is 0.725. The Bertz CT molecular complexity index is 308. The maximum Gasteiger partial charge on any atom is 0.227 e. The molecule has 2 aliphatic rings. The summed E-state index contributed by atoms with van der Waals surface area (Å²) in [5.74, 6) is 0.979. The van der Waals surface area contributed by atoms with Crippen LogP contribution in [-0.2, 0) is 4.79 Å². The van der Waals surface area contributed by atoms with Crippen molar-refractivity contribution < 1.29 is 4.79 Å². The Morgan fingerprint density at radius 3 is 2.72 bits per heavy atom. The maximum atomic E-state index is 11.8. The van der Waals surface area contributed by atoms with E-state index in [4.69, 9.17) is 5.73 Å². The first-order valence-electron chi connectivity index (χ1n) is 7.09. The highest BCUT2D eigenvalue weighted by Gasteiger charge is 2.22. The molecule has 0 spiro atoms. The number of rotatable bonds is 4. The monoisotopic (exact) mass is 251 g/mol. The van der Waals surface area contributed by atoms with Crippen LogP contribution in [0.5, 0.6) is 0 Å². The predicted molar refractivity (Wildman–Crippen MR) is 73.1 cm³/mol. The lowest BCUT2D eigenvalue weighted by Gasteiger charge is -2.30. The van der Waals surface area contributed by atoms with Gasteiger partial charge in [0.05, 0.1) is 5.92 Å². The Labute approximate surface area is 110 Å². The molecule has 0 radical (unpaired) electrons. The first-order valence-corrected chi connectivity index (χ1v) is 7.09. The minimum Gasteiger partial charge on any atom is -0.354 e. The van der Waals surface area contributed by atoms with E-state index < -0.39 is 0 Å². The van der Waals surface area contributed by atoms with Gasteiger partial charge < -0.3 is 16.0 Å². The second-order valence-corrected chi connectivity index (χ2v) is 5.71. The smallest absolute Gasteiger partial charge is 0.227 e. The van der Waals surface area contributed by atoms with Gasteiger partial charge in [0.1, 0.15) is 0 Å². The van der Waals surface area contributed by atoms with Gasteiger partial charge in [-0.05, 0) is 38.3 Å². The molecule has 2 unspecified atom stereocenters. The Kier molecular flexibility index (Phi) is 4.78. The summed E-state index contributed by atoms with van der Waals surface area (Å²) in [4.78, 5) is 14.3. The van der Waals surface area contributed by atoms with Crippen molar-refractivity contribution in [2.24, 2.45) is 17.6 Å². The van der Waals surface area contributed by atoms with Crippen LogP contribution >= 0.6 is 0 Å². The van der Waals surface area contributed by atoms with Gasteiger partial charge in [0.2, 0.25) is 5.91 Å². The first-order chi connectivity index (χ1) is 8.65. The van der Waals surface area contributed by atoms with E-state index in [0.717, 1.165) is 25.4 Å². The fourth-order valence-electron chi connectivity index (χ4n) is 2.68. The number of hydrogen-bond donors (Lipinski definition) is 2. The third kappa shape index (κ3) is 3.82. The number of hydrogen-bond acceptors (Lipinski definition) is 3. The van der Waals surface area contributed by atoms with Crippen molar-refractivity contribution in [2.45, 2.75) is 32.2 Å². The average Bonchev–Trinajstić information content (AvgIpc) is 2.78. The number of carbonyl (C=O) groups is 1. The van der Waals surface area contributed by atoms with E-state index in [1.807, 2.05) is 12.2 Å². The molecule has 1 heterocycles. The summed E-state index contributed by atoms with van der Waals surface area (Å²) in [5.41, 5.74) is 5.75. The van der Waals surface area contributed by atoms with E-state index in [1.54, 1.807) is 0 Å². The molecule has 4 nitrogen and oxygen atoms in total. The molecule has 0 aromatic rings. The molecule has 1 aliphatic carbocycles. The standard InChI is InChI=1S/C14H25N3O/c1-11-4-7-17(8-5-11)9-6-16-14(18)12-2-3-13(15)10-12/h2-3,11-13H,4-10,15H2,1H3,(H,16,18). The van der Waals surface area contributed by atoms with Gasteiger partial charge in [-0.3, -0.25) is 4.79 Å². The average molecular weight is 251 g/mol. The maximum absolute atomic E-state index is 11.8. The highest BCUT2D eigenvalue weighted by molar-refractivity contribution is 5.81. The number of amides is 1. The van der Waals surface area contributed by atoms with E-state index in [9.17, 15) is 4.79 Å². The summed E-state index contributed by atoms with van der Waals surface area (Å²) in [5, 5.41) is 3.02. The minimum atomic E-state index is -0.0126. The number of nitrogens with two attached hydrogens (primary N) is 1. The van der Waals surface area contributed by atoms with Crippen LogP contribution in [0.25, 0.3) is 0 Å². The van der Waals surface area contributed by atoms with E-state index in [-0.39, 0.29) is 17.9 Å². The van der Waals surface area contributed by atoms with Crippen LogP contribution in [0.2, 0.25) is 0 Å². The minimum absolute atomic E-state index is 0.0126. The summed E-state index contributed by atoms with van der Waals surface area (Å²) < 4.78 is 0. The lowest BCUT2D eigenvalue weighted by atomic mass is 9.99. The van der Waals surface area contributed by atoms with Crippen LogP contribution in [-0.4, -0.2) is 43.0 Å². The number of carbonyl (C=O) groups excluding carboxylic acids is 1. The summed E-state index contributed by atoms with van der Waals surface area (Å²) in [6, 6.07) is 0.0596.